The van der Waals surface area contributed by atoms with Gasteiger partial charge in [0, 0.05) is 29.4 Å². The molecule has 1 heterocycles. The lowest BCUT2D eigenvalue weighted by Crippen LogP contribution is -2.13. The molecule has 6 heteroatoms. The van der Waals surface area contributed by atoms with Crippen molar-refractivity contribution in [2.75, 3.05) is 11.9 Å². The fourth-order valence-electron chi connectivity index (χ4n) is 1.68. The molecule has 0 aliphatic heterocycles. The first-order valence-electron chi connectivity index (χ1n) is 5.90. The zero-order chi connectivity index (χ0) is 13.8. The molecule has 0 aliphatic rings. The van der Waals surface area contributed by atoms with Crippen LogP contribution in [0.4, 0.5) is 5.69 Å². The molecule has 1 amide bonds. The highest BCUT2D eigenvalue weighted by Crippen LogP contribution is 2.23. The van der Waals surface area contributed by atoms with Crippen molar-refractivity contribution in [1.29, 1.82) is 0 Å². The van der Waals surface area contributed by atoms with Gasteiger partial charge in [0.2, 0.25) is 0 Å². The molecule has 19 heavy (non-hydrogen) atoms. The Hall–Kier alpha value is -1.66. The molecule has 0 spiro atoms. The van der Waals surface area contributed by atoms with Gasteiger partial charge in [0.25, 0.3) is 5.91 Å². The second-order valence-corrected chi connectivity index (χ2v) is 5.01. The number of hydrogen-bond donors (Lipinski definition) is 2. The second kappa shape index (κ2) is 5.99. The van der Waals surface area contributed by atoms with Gasteiger partial charge < -0.3 is 15.6 Å². The first-order valence-corrected chi connectivity index (χ1v) is 6.69. The lowest BCUT2D eigenvalue weighted by molar-refractivity contribution is 0.102. The number of amides is 1. The topological polar surface area (TPSA) is 72.9 Å². The molecule has 0 aliphatic carbocycles. The number of nitrogens with zero attached hydrogens (tertiary/aromatic N) is 2. The number of hydrogen-bond acceptors (Lipinski definition) is 3. The van der Waals surface area contributed by atoms with Crippen LogP contribution in [0.25, 0.3) is 0 Å². The number of imidazole rings is 1. The van der Waals surface area contributed by atoms with Gasteiger partial charge in [-0.05, 0) is 24.6 Å². The minimum atomic E-state index is -0.225. The first kappa shape index (κ1) is 13.8. The number of anilines is 1. The summed E-state index contributed by atoms with van der Waals surface area (Å²) in [4.78, 5) is 16.1. The van der Waals surface area contributed by atoms with Crippen molar-refractivity contribution in [3.63, 3.8) is 0 Å². The van der Waals surface area contributed by atoms with E-state index in [2.05, 4.69) is 26.2 Å². The maximum atomic E-state index is 12.1. The molecule has 0 fully saturated rings. The molecule has 2 rings (SSSR count). The van der Waals surface area contributed by atoms with Gasteiger partial charge in [0.05, 0.1) is 6.33 Å². The molecule has 100 valence electrons. The Labute approximate surface area is 120 Å². The van der Waals surface area contributed by atoms with Crippen molar-refractivity contribution in [2.24, 2.45) is 5.73 Å². The second-order valence-electron chi connectivity index (χ2n) is 4.15. The number of rotatable bonds is 4. The summed E-state index contributed by atoms with van der Waals surface area (Å²) in [5.41, 5.74) is 7.59. The summed E-state index contributed by atoms with van der Waals surface area (Å²) in [5.74, 6) is -0.225. The predicted molar refractivity (Wildman–Crippen MR) is 78.1 cm³/mol. The number of benzene rings is 1. The fourth-order valence-corrected chi connectivity index (χ4v) is 2.04. The molecule has 0 radical (unpaired) electrons. The lowest BCUT2D eigenvalue weighted by Gasteiger charge is -2.08. The van der Waals surface area contributed by atoms with Gasteiger partial charge in [0.1, 0.15) is 5.69 Å². The highest BCUT2D eigenvalue weighted by Gasteiger charge is 2.11. The van der Waals surface area contributed by atoms with E-state index >= 15 is 0 Å². The number of aromatic nitrogens is 2. The van der Waals surface area contributed by atoms with Gasteiger partial charge in [-0.25, -0.2) is 4.98 Å². The zero-order valence-corrected chi connectivity index (χ0v) is 12.1. The maximum absolute atomic E-state index is 12.1. The monoisotopic (exact) mass is 322 g/mol. The minimum Gasteiger partial charge on any atom is -0.335 e. The first-order chi connectivity index (χ1) is 9.11. The third-order valence-electron chi connectivity index (χ3n) is 2.77. The Morgan fingerprint density at radius 3 is 3.05 bits per heavy atom. The highest BCUT2D eigenvalue weighted by atomic mass is 79.9. The van der Waals surface area contributed by atoms with Crippen LogP contribution in [0.2, 0.25) is 0 Å². The quantitative estimate of drug-likeness (QED) is 0.906. The van der Waals surface area contributed by atoms with Crippen molar-refractivity contribution in [3.05, 3.63) is 46.5 Å². The largest absolute Gasteiger partial charge is 0.335 e. The summed E-state index contributed by atoms with van der Waals surface area (Å²) < 4.78 is 2.75. The number of nitrogens with one attached hydrogen (secondary N) is 1. The molecule has 5 nitrogen and oxygen atoms in total. The number of nitrogens with two attached hydrogens (primary N) is 1. The van der Waals surface area contributed by atoms with Crippen LogP contribution in [0, 0.1) is 6.92 Å². The Morgan fingerprint density at radius 2 is 2.32 bits per heavy atom. The third kappa shape index (κ3) is 3.21. The third-order valence-corrected chi connectivity index (χ3v) is 3.63. The van der Waals surface area contributed by atoms with Crippen molar-refractivity contribution < 1.29 is 4.79 Å². The minimum absolute atomic E-state index is 0.225. The van der Waals surface area contributed by atoms with Gasteiger partial charge in [-0.15, -0.1) is 0 Å². The molecule has 3 N–H and O–H groups in total. The van der Waals surface area contributed by atoms with E-state index in [0.29, 0.717) is 18.8 Å². The van der Waals surface area contributed by atoms with E-state index < -0.39 is 0 Å². The van der Waals surface area contributed by atoms with Gasteiger partial charge in [-0.3, -0.25) is 4.79 Å². The summed E-state index contributed by atoms with van der Waals surface area (Å²) in [7, 11) is 0. The van der Waals surface area contributed by atoms with Crippen molar-refractivity contribution in [2.45, 2.75) is 13.5 Å². The smallest absolute Gasteiger partial charge is 0.275 e. The van der Waals surface area contributed by atoms with Gasteiger partial charge in [-0.1, -0.05) is 22.0 Å². The molecule has 2 aromatic rings. The van der Waals surface area contributed by atoms with Crippen molar-refractivity contribution in [1.82, 2.24) is 9.55 Å². The van der Waals surface area contributed by atoms with Gasteiger partial charge in [-0.2, -0.15) is 0 Å². The molecular formula is C13H15BrN4O. The molecule has 0 bridgehead atoms. The van der Waals surface area contributed by atoms with E-state index in [9.17, 15) is 4.79 Å². The molecule has 0 saturated carbocycles. The van der Waals surface area contributed by atoms with E-state index in [1.54, 1.807) is 17.1 Å². The van der Waals surface area contributed by atoms with Gasteiger partial charge >= 0.3 is 0 Å². The fraction of sp³-hybridized carbons (Fsp3) is 0.231. The predicted octanol–water partition coefficient (Wildman–Crippen LogP) is 2.17. The van der Waals surface area contributed by atoms with Crippen LogP contribution in [0.3, 0.4) is 0 Å². The summed E-state index contributed by atoms with van der Waals surface area (Å²) in [6.45, 7) is 3.10. The van der Waals surface area contributed by atoms with Gasteiger partial charge in [0.15, 0.2) is 0 Å². The van der Waals surface area contributed by atoms with E-state index in [0.717, 1.165) is 15.7 Å². The molecule has 0 unspecified atom stereocenters. The Morgan fingerprint density at radius 1 is 1.53 bits per heavy atom. The van der Waals surface area contributed by atoms with Crippen LogP contribution in [0.15, 0.2) is 35.2 Å². The number of carbonyl (C=O) groups is 1. The summed E-state index contributed by atoms with van der Waals surface area (Å²) in [6, 6.07) is 5.66. The van der Waals surface area contributed by atoms with Crippen molar-refractivity contribution >= 4 is 27.5 Å². The molecule has 1 aromatic heterocycles. The normalized spacial score (nSPS) is 10.5. The molecule has 0 saturated heterocycles. The average Bonchev–Trinajstić information content (AvgIpc) is 2.84. The van der Waals surface area contributed by atoms with E-state index in [4.69, 9.17) is 5.73 Å². The van der Waals surface area contributed by atoms with E-state index in [1.807, 2.05) is 25.1 Å². The zero-order valence-electron chi connectivity index (χ0n) is 10.6. The van der Waals surface area contributed by atoms with Crippen LogP contribution in [0.5, 0.6) is 0 Å². The van der Waals surface area contributed by atoms with Crippen LogP contribution in [-0.2, 0) is 6.54 Å². The Balaban J connectivity index is 2.14. The van der Waals surface area contributed by atoms with Crippen LogP contribution in [-0.4, -0.2) is 22.0 Å². The lowest BCUT2D eigenvalue weighted by atomic mass is 10.2. The van der Waals surface area contributed by atoms with Crippen LogP contribution < -0.4 is 11.1 Å². The van der Waals surface area contributed by atoms with E-state index in [1.165, 1.54) is 0 Å². The number of halogens is 1. The van der Waals surface area contributed by atoms with E-state index in [-0.39, 0.29) is 5.91 Å². The van der Waals surface area contributed by atoms with Crippen LogP contribution in [0.1, 0.15) is 16.1 Å². The SMILES string of the molecule is Cc1c(Br)cccc1NC(=O)c1cn(CCN)cn1. The average molecular weight is 323 g/mol. The summed E-state index contributed by atoms with van der Waals surface area (Å²) >= 11 is 3.43. The summed E-state index contributed by atoms with van der Waals surface area (Å²) in [5, 5.41) is 2.85. The number of carbonyl (C=O) groups excluding carboxylic acids is 1. The molecular weight excluding hydrogens is 308 g/mol. The Bertz CT molecular complexity index is 594. The molecule has 0 atom stereocenters. The van der Waals surface area contributed by atoms with Crippen molar-refractivity contribution in [3.8, 4) is 0 Å². The maximum Gasteiger partial charge on any atom is 0.275 e. The Kier molecular flexibility index (Phi) is 4.34. The summed E-state index contributed by atoms with van der Waals surface area (Å²) in [6.07, 6.45) is 3.30. The van der Waals surface area contributed by atoms with Crippen LogP contribution >= 0.6 is 15.9 Å². The standard InChI is InChI=1S/C13H15BrN4O/c1-9-10(14)3-2-4-11(9)17-13(19)12-7-18(6-5-15)8-16-12/h2-4,7-8H,5-6,15H2,1H3,(H,17,19). The highest BCUT2D eigenvalue weighted by molar-refractivity contribution is 9.10. The molecule has 1 aromatic carbocycles.